The quantitative estimate of drug-likeness (QED) is 0.810. The molecule has 0 aliphatic carbocycles. The van der Waals surface area contributed by atoms with Crippen molar-refractivity contribution in [1.82, 2.24) is 10.3 Å². The van der Waals surface area contributed by atoms with E-state index in [1.54, 1.807) is 6.20 Å². The van der Waals surface area contributed by atoms with E-state index in [1.165, 1.54) is 12.8 Å². The van der Waals surface area contributed by atoms with Crippen molar-refractivity contribution < 1.29 is 0 Å². The van der Waals surface area contributed by atoms with Crippen LogP contribution in [0.1, 0.15) is 31.7 Å². The zero-order valence-corrected chi connectivity index (χ0v) is 11.2. The van der Waals surface area contributed by atoms with Gasteiger partial charge in [0.15, 0.2) is 5.15 Å². The number of nitrogens with zero attached hydrogens (tertiary/aromatic N) is 1. The third-order valence-corrected chi connectivity index (χ3v) is 3.48. The van der Waals surface area contributed by atoms with Gasteiger partial charge in [-0.05, 0) is 51.3 Å². The largest absolute Gasteiger partial charge is 0.380 e. The molecule has 2 heterocycles. The fourth-order valence-corrected chi connectivity index (χ4v) is 2.52. The Balaban J connectivity index is 1.92. The lowest BCUT2D eigenvalue weighted by Crippen LogP contribution is -2.29. The standard InChI is InChI=1S/C13H20ClN3/c1-9-6-12(13(14)16-8-9)17-10(2)7-11-4-3-5-15-11/h6,8,10-11,15,17H,3-5,7H2,1-2H3. The summed E-state index contributed by atoms with van der Waals surface area (Å²) < 4.78 is 0. The Kier molecular flexibility index (Phi) is 4.24. The van der Waals surface area contributed by atoms with Gasteiger partial charge in [-0.25, -0.2) is 4.98 Å². The Bertz CT molecular complexity index is 375. The summed E-state index contributed by atoms with van der Waals surface area (Å²) in [4.78, 5) is 4.15. The highest BCUT2D eigenvalue weighted by Gasteiger charge is 2.17. The molecule has 2 unspecified atom stereocenters. The van der Waals surface area contributed by atoms with Gasteiger partial charge in [-0.1, -0.05) is 11.6 Å². The molecule has 0 radical (unpaired) electrons. The molecule has 0 saturated carbocycles. The first kappa shape index (κ1) is 12.7. The van der Waals surface area contributed by atoms with Crippen molar-refractivity contribution in [3.8, 4) is 0 Å². The van der Waals surface area contributed by atoms with Gasteiger partial charge in [-0.3, -0.25) is 0 Å². The van der Waals surface area contributed by atoms with Crippen molar-refractivity contribution in [1.29, 1.82) is 0 Å². The number of aromatic nitrogens is 1. The predicted molar refractivity (Wildman–Crippen MR) is 72.7 cm³/mol. The van der Waals surface area contributed by atoms with Crippen molar-refractivity contribution in [2.75, 3.05) is 11.9 Å². The van der Waals surface area contributed by atoms with E-state index in [1.807, 2.05) is 13.0 Å². The number of halogens is 1. The number of anilines is 1. The smallest absolute Gasteiger partial charge is 0.152 e. The monoisotopic (exact) mass is 253 g/mol. The van der Waals surface area contributed by atoms with Gasteiger partial charge in [0.1, 0.15) is 0 Å². The van der Waals surface area contributed by atoms with Crippen LogP contribution in [-0.4, -0.2) is 23.6 Å². The van der Waals surface area contributed by atoms with E-state index in [2.05, 4.69) is 22.5 Å². The van der Waals surface area contributed by atoms with Crippen LogP contribution >= 0.6 is 11.6 Å². The number of aryl methyl sites for hydroxylation is 1. The van der Waals surface area contributed by atoms with E-state index in [9.17, 15) is 0 Å². The molecular weight excluding hydrogens is 234 g/mol. The summed E-state index contributed by atoms with van der Waals surface area (Å²) >= 11 is 6.07. The molecule has 4 heteroatoms. The first-order valence-corrected chi connectivity index (χ1v) is 6.65. The van der Waals surface area contributed by atoms with Crippen LogP contribution in [0.4, 0.5) is 5.69 Å². The van der Waals surface area contributed by atoms with E-state index >= 15 is 0 Å². The van der Waals surface area contributed by atoms with Crippen LogP contribution in [0.5, 0.6) is 0 Å². The van der Waals surface area contributed by atoms with Crippen molar-refractivity contribution in [2.24, 2.45) is 0 Å². The third-order valence-electron chi connectivity index (χ3n) is 3.18. The van der Waals surface area contributed by atoms with Gasteiger partial charge < -0.3 is 10.6 Å². The lowest BCUT2D eigenvalue weighted by atomic mass is 10.1. The zero-order chi connectivity index (χ0) is 12.3. The van der Waals surface area contributed by atoms with Crippen LogP contribution in [0, 0.1) is 6.92 Å². The van der Waals surface area contributed by atoms with E-state index < -0.39 is 0 Å². The highest BCUT2D eigenvalue weighted by Crippen LogP contribution is 2.22. The summed E-state index contributed by atoms with van der Waals surface area (Å²) in [5, 5.41) is 7.51. The maximum absolute atomic E-state index is 6.07. The number of hydrogen-bond acceptors (Lipinski definition) is 3. The van der Waals surface area contributed by atoms with Gasteiger partial charge in [-0.2, -0.15) is 0 Å². The normalized spacial score (nSPS) is 21.5. The molecule has 3 nitrogen and oxygen atoms in total. The van der Waals surface area contributed by atoms with E-state index in [-0.39, 0.29) is 0 Å². The fraction of sp³-hybridized carbons (Fsp3) is 0.615. The van der Waals surface area contributed by atoms with Crippen molar-refractivity contribution in [3.63, 3.8) is 0 Å². The number of nitrogens with one attached hydrogen (secondary N) is 2. The molecule has 2 rings (SSSR count). The Hall–Kier alpha value is -0.800. The van der Waals surface area contributed by atoms with Gasteiger partial charge in [0.2, 0.25) is 0 Å². The molecule has 1 aromatic heterocycles. The molecule has 1 aromatic rings. The minimum Gasteiger partial charge on any atom is -0.380 e. The molecule has 2 N–H and O–H groups in total. The number of pyridine rings is 1. The van der Waals surface area contributed by atoms with Crippen molar-refractivity contribution in [3.05, 3.63) is 23.0 Å². The van der Waals surface area contributed by atoms with Crippen LogP contribution in [0.2, 0.25) is 5.15 Å². The van der Waals surface area contributed by atoms with Crippen LogP contribution in [0.25, 0.3) is 0 Å². The zero-order valence-electron chi connectivity index (χ0n) is 10.5. The fourth-order valence-electron chi connectivity index (χ4n) is 2.36. The highest BCUT2D eigenvalue weighted by molar-refractivity contribution is 6.31. The molecule has 1 aliphatic heterocycles. The summed E-state index contributed by atoms with van der Waals surface area (Å²) in [5.41, 5.74) is 2.07. The molecule has 0 aromatic carbocycles. The topological polar surface area (TPSA) is 37.0 Å². The van der Waals surface area contributed by atoms with Crippen LogP contribution < -0.4 is 10.6 Å². The second kappa shape index (κ2) is 5.69. The van der Waals surface area contributed by atoms with Gasteiger partial charge in [0.05, 0.1) is 5.69 Å². The summed E-state index contributed by atoms with van der Waals surface area (Å²) in [6.45, 7) is 5.38. The van der Waals surface area contributed by atoms with E-state index in [0.29, 0.717) is 17.2 Å². The van der Waals surface area contributed by atoms with E-state index in [4.69, 9.17) is 11.6 Å². The predicted octanol–water partition coefficient (Wildman–Crippen LogP) is 2.99. The van der Waals surface area contributed by atoms with Gasteiger partial charge in [-0.15, -0.1) is 0 Å². The van der Waals surface area contributed by atoms with Gasteiger partial charge >= 0.3 is 0 Å². The molecule has 0 bridgehead atoms. The van der Waals surface area contributed by atoms with Crippen LogP contribution in [-0.2, 0) is 0 Å². The molecular formula is C13H20ClN3. The lowest BCUT2D eigenvalue weighted by Gasteiger charge is -2.20. The summed E-state index contributed by atoms with van der Waals surface area (Å²) in [6.07, 6.45) is 5.50. The average Bonchev–Trinajstić information content (AvgIpc) is 2.76. The number of rotatable bonds is 4. The molecule has 1 saturated heterocycles. The van der Waals surface area contributed by atoms with Gasteiger partial charge in [0.25, 0.3) is 0 Å². The lowest BCUT2D eigenvalue weighted by molar-refractivity contribution is 0.523. The van der Waals surface area contributed by atoms with Crippen molar-refractivity contribution >= 4 is 17.3 Å². The summed E-state index contributed by atoms with van der Waals surface area (Å²) in [7, 11) is 0. The van der Waals surface area contributed by atoms with Gasteiger partial charge in [0, 0.05) is 18.3 Å². The Morgan fingerprint density at radius 3 is 3.18 bits per heavy atom. The van der Waals surface area contributed by atoms with Crippen LogP contribution in [0.15, 0.2) is 12.3 Å². The van der Waals surface area contributed by atoms with Crippen LogP contribution in [0.3, 0.4) is 0 Å². The molecule has 94 valence electrons. The third kappa shape index (κ3) is 3.58. The first-order valence-electron chi connectivity index (χ1n) is 6.27. The second-order valence-electron chi connectivity index (χ2n) is 4.93. The molecule has 1 fully saturated rings. The Morgan fingerprint density at radius 1 is 1.65 bits per heavy atom. The molecule has 2 atom stereocenters. The minimum atomic E-state index is 0.409. The molecule has 1 aliphatic rings. The Labute approximate surface area is 108 Å². The SMILES string of the molecule is Cc1cnc(Cl)c(NC(C)CC2CCCN2)c1. The maximum Gasteiger partial charge on any atom is 0.152 e. The number of hydrogen-bond donors (Lipinski definition) is 2. The minimum absolute atomic E-state index is 0.409. The first-order chi connectivity index (χ1) is 8.15. The summed E-state index contributed by atoms with van der Waals surface area (Å²) in [5.74, 6) is 0. The molecule has 0 amide bonds. The average molecular weight is 254 g/mol. The highest BCUT2D eigenvalue weighted by atomic mass is 35.5. The Morgan fingerprint density at radius 2 is 2.47 bits per heavy atom. The second-order valence-corrected chi connectivity index (χ2v) is 5.28. The summed E-state index contributed by atoms with van der Waals surface area (Å²) in [6, 6.07) is 3.11. The maximum atomic E-state index is 6.07. The van der Waals surface area contributed by atoms with E-state index in [0.717, 1.165) is 24.2 Å². The molecule has 17 heavy (non-hydrogen) atoms. The molecule has 0 spiro atoms. The van der Waals surface area contributed by atoms with Crippen molar-refractivity contribution in [2.45, 2.75) is 45.2 Å².